The summed E-state index contributed by atoms with van der Waals surface area (Å²) in [6.07, 6.45) is 3.32. The number of imidazole rings is 1. The number of rotatable bonds is 5. The molecule has 0 aliphatic rings. The molecular weight excluding hydrogens is 260 g/mol. The zero-order valence-electron chi connectivity index (χ0n) is 10.8. The molecule has 0 spiro atoms. The highest BCUT2D eigenvalue weighted by atomic mass is 16.6. The molecule has 0 atom stereocenters. The summed E-state index contributed by atoms with van der Waals surface area (Å²) in [6.45, 7) is 2.89. The Labute approximate surface area is 115 Å². The minimum absolute atomic E-state index is 0.137. The van der Waals surface area contributed by atoms with Crippen molar-refractivity contribution in [1.82, 2.24) is 9.55 Å². The van der Waals surface area contributed by atoms with Gasteiger partial charge >= 0.3 is 5.69 Å². The predicted octanol–water partition coefficient (Wildman–Crippen LogP) is 2.26. The van der Waals surface area contributed by atoms with Crippen LogP contribution in [0, 0.1) is 21.4 Å². The average Bonchev–Trinajstić information content (AvgIpc) is 2.92. The van der Waals surface area contributed by atoms with Crippen LogP contribution in [0.1, 0.15) is 18.2 Å². The van der Waals surface area contributed by atoms with Crippen molar-refractivity contribution in [2.75, 3.05) is 0 Å². The van der Waals surface area contributed by atoms with E-state index in [4.69, 9.17) is 10.00 Å². The van der Waals surface area contributed by atoms with Crippen LogP contribution in [-0.4, -0.2) is 14.5 Å². The standard InChI is InChI=1S/C13H12N4O3/c1-2-16-9-15-7-11(16)8-20-13-4-3-10(6-14)5-12(13)17(18)19/h3-5,7,9H,2,8H2,1H3. The summed E-state index contributed by atoms with van der Waals surface area (Å²) in [5.41, 5.74) is 0.834. The first-order valence-corrected chi connectivity index (χ1v) is 5.96. The van der Waals surface area contributed by atoms with Gasteiger partial charge in [0, 0.05) is 12.6 Å². The van der Waals surface area contributed by atoms with Crippen molar-refractivity contribution in [3.63, 3.8) is 0 Å². The van der Waals surface area contributed by atoms with Crippen LogP contribution in [0.3, 0.4) is 0 Å². The van der Waals surface area contributed by atoms with Crippen LogP contribution >= 0.6 is 0 Å². The summed E-state index contributed by atoms with van der Waals surface area (Å²) in [5, 5.41) is 19.7. The Kier molecular flexibility index (Phi) is 3.96. The van der Waals surface area contributed by atoms with Crippen molar-refractivity contribution >= 4 is 5.69 Å². The van der Waals surface area contributed by atoms with Gasteiger partial charge in [0.25, 0.3) is 0 Å². The lowest BCUT2D eigenvalue weighted by molar-refractivity contribution is -0.386. The second kappa shape index (κ2) is 5.84. The first-order valence-electron chi connectivity index (χ1n) is 5.96. The molecule has 0 amide bonds. The molecule has 7 nitrogen and oxygen atoms in total. The summed E-state index contributed by atoms with van der Waals surface area (Å²) in [7, 11) is 0. The van der Waals surface area contributed by atoms with Crippen LogP contribution in [0.2, 0.25) is 0 Å². The minimum atomic E-state index is -0.562. The molecular formula is C13H12N4O3. The number of nitro groups is 1. The Morgan fingerprint density at radius 2 is 2.35 bits per heavy atom. The van der Waals surface area contributed by atoms with Crippen LogP contribution in [0.4, 0.5) is 5.69 Å². The lowest BCUT2D eigenvalue weighted by atomic mass is 10.2. The van der Waals surface area contributed by atoms with Gasteiger partial charge in [-0.25, -0.2) is 4.98 Å². The molecule has 1 heterocycles. The summed E-state index contributed by atoms with van der Waals surface area (Å²) < 4.78 is 7.36. The fourth-order valence-electron chi connectivity index (χ4n) is 1.76. The molecule has 2 rings (SSSR count). The van der Waals surface area contributed by atoms with Gasteiger partial charge in [-0.05, 0) is 19.1 Å². The normalized spacial score (nSPS) is 10.0. The molecule has 0 unspecified atom stereocenters. The summed E-state index contributed by atoms with van der Waals surface area (Å²) >= 11 is 0. The Morgan fingerprint density at radius 3 is 3.00 bits per heavy atom. The van der Waals surface area contributed by atoms with E-state index in [0.717, 1.165) is 12.2 Å². The van der Waals surface area contributed by atoms with E-state index in [2.05, 4.69) is 4.98 Å². The lowest BCUT2D eigenvalue weighted by Crippen LogP contribution is -2.05. The molecule has 0 radical (unpaired) electrons. The van der Waals surface area contributed by atoms with E-state index in [1.165, 1.54) is 18.2 Å². The maximum atomic E-state index is 11.0. The van der Waals surface area contributed by atoms with Gasteiger partial charge in [-0.2, -0.15) is 5.26 Å². The van der Waals surface area contributed by atoms with Gasteiger partial charge in [0.2, 0.25) is 0 Å². The van der Waals surface area contributed by atoms with Gasteiger partial charge in [-0.15, -0.1) is 0 Å². The fraction of sp³-hybridized carbons (Fsp3) is 0.231. The highest BCUT2D eigenvalue weighted by molar-refractivity contribution is 5.51. The molecule has 0 saturated heterocycles. The van der Waals surface area contributed by atoms with Gasteiger partial charge in [0.1, 0.15) is 6.61 Å². The van der Waals surface area contributed by atoms with E-state index in [1.807, 2.05) is 17.6 Å². The molecule has 20 heavy (non-hydrogen) atoms. The number of nitriles is 1. The molecule has 0 N–H and O–H groups in total. The smallest absolute Gasteiger partial charge is 0.312 e. The van der Waals surface area contributed by atoms with Crippen molar-refractivity contribution in [3.05, 3.63) is 52.1 Å². The number of hydrogen-bond donors (Lipinski definition) is 0. The van der Waals surface area contributed by atoms with E-state index < -0.39 is 4.92 Å². The van der Waals surface area contributed by atoms with Crippen molar-refractivity contribution in [2.24, 2.45) is 0 Å². The first kappa shape index (κ1) is 13.5. The third-order valence-corrected chi connectivity index (χ3v) is 2.80. The molecule has 7 heteroatoms. The number of nitro benzene ring substituents is 1. The van der Waals surface area contributed by atoms with Crippen LogP contribution in [0.15, 0.2) is 30.7 Å². The molecule has 1 aromatic carbocycles. The topological polar surface area (TPSA) is 94.0 Å². The van der Waals surface area contributed by atoms with E-state index in [0.29, 0.717) is 0 Å². The molecule has 102 valence electrons. The molecule has 0 bridgehead atoms. The van der Waals surface area contributed by atoms with Gasteiger partial charge in [-0.1, -0.05) is 0 Å². The Balaban J connectivity index is 2.21. The second-order valence-electron chi connectivity index (χ2n) is 4.01. The minimum Gasteiger partial charge on any atom is -0.480 e. The van der Waals surface area contributed by atoms with Crippen LogP contribution in [0.5, 0.6) is 5.75 Å². The quantitative estimate of drug-likeness (QED) is 0.614. The number of aryl methyl sites for hydroxylation is 1. The van der Waals surface area contributed by atoms with Gasteiger partial charge in [0.05, 0.1) is 34.8 Å². The van der Waals surface area contributed by atoms with Crippen molar-refractivity contribution in [1.29, 1.82) is 5.26 Å². The SMILES string of the molecule is CCn1cncc1COc1ccc(C#N)cc1[N+](=O)[O-]. The van der Waals surface area contributed by atoms with E-state index >= 15 is 0 Å². The predicted molar refractivity (Wildman–Crippen MR) is 70.0 cm³/mol. The first-order chi connectivity index (χ1) is 9.65. The molecule has 0 aliphatic heterocycles. The number of benzene rings is 1. The van der Waals surface area contributed by atoms with Crippen molar-refractivity contribution < 1.29 is 9.66 Å². The molecule has 1 aromatic heterocycles. The lowest BCUT2D eigenvalue weighted by Gasteiger charge is -2.08. The zero-order valence-corrected chi connectivity index (χ0v) is 10.8. The summed E-state index contributed by atoms with van der Waals surface area (Å²) in [6, 6.07) is 5.98. The van der Waals surface area contributed by atoms with Crippen molar-refractivity contribution in [3.8, 4) is 11.8 Å². The van der Waals surface area contributed by atoms with Crippen LogP contribution in [0.25, 0.3) is 0 Å². The Morgan fingerprint density at radius 1 is 1.55 bits per heavy atom. The van der Waals surface area contributed by atoms with E-state index in [-0.39, 0.29) is 23.6 Å². The van der Waals surface area contributed by atoms with E-state index in [9.17, 15) is 10.1 Å². The number of ether oxygens (including phenoxy) is 1. The fourth-order valence-corrected chi connectivity index (χ4v) is 1.76. The zero-order chi connectivity index (χ0) is 14.5. The molecule has 0 fully saturated rings. The van der Waals surface area contributed by atoms with Crippen molar-refractivity contribution in [2.45, 2.75) is 20.1 Å². The van der Waals surface area contributed by atoms with Gasteiger partial charge < -0.3 is 9.30 Å². The van der Waals surface area contributed by atoms with Gasteiger partial charge in [-0.3, -0.25) is 10.1 Å². The maximum Gasteiger partial charge on any atom is 0.312 e. The molecule has 0 aliphatic carbocycles. The van der Waals surface area contributed by atoms with Crippen LogP contribution < -0.4 is 4.74 Å². The Bertz CT molecular complexity index is 672. The second-order valence-corrected chi connectivity index (χ2v) is 4.01. The monoisotopic (exact) mass is 272 g/mol. The highest BCUT2D eigenvalue weighted by Crippen LogP contribution is 2.28. The molecule has 0 saturated carbocycles. The maximum absolute atomic E-state index is 11.0. The van der Waals surface area contributed by atoms with Gasteiger partial charge in [0.15, 0.2) is 5.75 Å². The van der Waals surface area contributed by atoms with Crippen LogP contribution in [-0.2, 0) is 13.2 Å². The average molecular weight is 272 g/mol. The Hall–Kier alpha value is -2.88. The largest absolute Gasteiger partial charge is 0.480 e. The highest BCUT2D eigenvalue weighted by Gasteiger charge is 2.16. The molecule has 2 aromatic rings. The summed E-state index contributed by atoms with van der Waals surface area (Å²) in [4.78, 5) is 14.4. The summed E-state index contributed by atoms with van der Waals surface area (Å²) in [5.74, 6) is 0.137. The number of nitrogens with zero attached hydrogens (tertiary/aromatic N) is 4. The van der Waals surface area contributed by atoms with E-state index in [1.54, 1.807) is 12.5 Å². The third-order valence-electron chi connectivity index (χ3n) is 2.80. The number of aromatic nitrogens is 2. The third kappa shape index (κ3) is 2.75. The number of hydrogen-bond acceptors (Lipinski definition) is 5.